The number of benzene rings is 1. The molecule has 1 fully saturated rings. The van der Waals surface area contributed by atoms with Gasteiger partial charge in [-0.1, -0.05) is 6.07 Å². The number of nitrogens with one attached hydrogen (secondary N) is 2. The fraction of sp³-hybridized carbons (Fsp3) is 0.500. The zero-order chi connectivity index (χ0) is 16.4. The number of likely N-dealkylation sites (tertiary alicyclic amines) is 1. The van der Waals surface area contributed by atoms with Crippen LogP contribution in [0.15, 0.2) is 18.2 Å². The van der Waals surface area contributed by atoms with Gasteiger partial charge in [-0.3, -0.25) is 0 Å². The highest BCUT2D eigenvalue weighted by Gasteiger charge is 2.35. The summed E-state index contributed by atoms with van der Waals surface area (Å²) >= 11 is 0. The van der Waals surface area contributed by atoms with Crippen molar-refractivity contribution in [3.63, 3.8) is 0 Å². The van der Waals surface area contributed by atoms with E-state index in [1.165, 1.54) is 4.90 Å². The highest BCUT2D eigenvalue weighted by atomic mass is 19.3. The van der Waals surface area contributed by atoms with Gasteiger partial charge in [0, 0.05) is 38.9 Å². The monoisotopic (exact) mass is 322 g/mol. The molecule has 1 aliphatic rings. The van der Waals surface area contributed by atoms with Crippen molar-refractivity contribution in [3.05, 3.63) is 29.6 Å². The van der Waals surface area contributed by atoms with Crippen LogP contribution in [0.4, 0.5) is 13.6 Å². The van der Waals surface area contributed by atoms with Crippen LogP contribution in [0.3, 0.4) is 0 Å². The van der Waals surface area contributed by atoms with Gasteiger partial charge in [-0.05, 0) is 24.6 Å². The number of H-pyrrole nitrogens is 1. The number of halogens is 2. The second-order valence-corrected chi connectivity index (χ2v) is 6.03. The first kappa shape index (κ1) is 15.7. The Bertz CT molecular complexity index is 703. The van der Waals surface area contributed by atoms with Crippen LogP contribution in [0.25, 0.3) is 11.0 Å². The average molecular weight is 322 g/mol. The summed E-state index contributed by atoms with van der Waals surface area (Å²) in [5.41, 5.74) is 3.03. The molecule has 0 aliphatic carbocycles. The number of aryl methyl sites for hydroxylation is 1. The van der Waals surface area contributed by atoms with E-state index in [9.17, 15) is 13.6 Å². The molecule has 0 radical (unpaired) electrons. The smallest absolute Gasteiger partial charge is 0.317 e. The Hall–Kier alpha value is -2.18. The van der Waals surface area contributed by atoms with E-state index in [-0.39, 0.29) is 32.0 Å². The highest BCUT2D eigenvalue weighted by molar-refractivity contribution is 5.76. The number of piperidine rings is 1. The van der Waals surface area contributed by atoms with Crippen LogP contribution in [-0.2, 0) is 6.42 Å². The molecule has 0 saturated carbocycles. The third kappa shape index (κ3) is 3.78. The van der Waals surface area contributed by atoms with Crippen LogP contribution in [0.2, 0.25) is 0 Å². The van der Waals surface area contributed by atoms with Gasteiger partial charge in [-0.25, -0.2) is 18.6 Å². The lowest BCUT2D eigenvalue weighted by atomic mass is 10.1. The van der Waals surface area contributed by atoms with Crippen LogP contribution in [-0.4, -0.2) is 46.5 Å². The van der Waals surface area contributed by atoms with Crippen molar-refractivity contribution < 1.29 is 13.6 Å². The molecule has 7 heteroatoms. The summed E-state index contributed by atoms with van der Waals surface area (Å²) in [6.45, 7) is 2.64. The Labute approximate surface area is 133 Å². The molecule has 5 nitrogen and oxygen atoms in total. The van der Waals surface area contributed by atoms with Gasteiger partial charge in [-0.15, -0.1) is 0 Å². The number of alkyl halides is 2. The molecule has 23 heavy (non-hydrogen) atoms. The summed E-state index contributed by atoms with van der Waals surface area (Å²) in [5.74, 6) is -1.83. The largest absolute Gasteiger partial charge is 0.342 e. The third-order valence-corrected chi connectivity index (χ3v) is 4.11. The number of rotatable bonds is 3. The number of aromatic amines is 1. The van der Waals surface area contributed by atoms with Crippen LogP contribution in [0.5, 0.6) is 0 Å². The first-order chi connectivity index (χ1) is 10.9. The second-order valence-electron chi connectivity index (χ2n) is 6.03. The van der Waals surface area contributed by atoms with Crippen LogP contribution >= 0.6 is 0 Å². The summed E-state index contributed by atoms with van der Waals surface area (Å²) in [6.07, 6.45) is 0.0517. The van der Waals surface area contributed by atoms with Crippen molar-refractivity contribution in [1.82, 2.24) is 20.2 Å². The van der Waals surface area contributed by atoms with Gasteiger partial charge in [-0.2, -0.15) is 0 Å². The number of carbonyl (C=O) groups excluding carboxylic acids is 1. The van der Waals surface area contributed by atoms with Crippen LogP contribution < -0.4 is 5.32 Å². The van der Waals surface area contributed by atoms with E-state index in [2.05, 4.69) is 15.3 Å². The molecule has 1 aliphatic heterocycles. The molecular formula is C16H20F2N4O. The molecule has 1 aromatic heterocycles. The predicted molar refractivity (Wildman–Crippen MR) is 83.7 cm³/mol. The molecule has 3 rings (SSSR count). The van der Waals surface area contributed by atoms with Crippen molar-refractivity contribution in [2.45, 2.75) is 32.1 Å². The minimum absolute atomic E-state index is 0.0999. The lowest BCUT2D eigenvalue weighted by molar-refractivity contribution is -0.0469. The number of amides is 2. The number of urea groups is 1. The van der Waals surface area contributed by atoms with Crippen LogP contribution in [0.1, 0.15) is 24.2 Å². The maximum absolute atomic E-state index is 13.1. The van der Waals surface area contributed by atoms with E-state index < -0.39 is 5.92 Å². The summed E-state index contributed by atoms with van der Waals surface area (Å²) in [6, 6.07) is 5.70. The van der Waals surface area contributed by atoms with Crippen molar-refractivity contribution in [3.8, 4) is 0 Å². The Morgan fingerprint density at radius 2 is 2.13 bits per heavy atom. The van der Waals surface area contributed by atoms with Crippen molar-refractivity contribution in [1.29, 1.82) is 0 Å². The summed E-state index contributed by atoms with van der Waals surface area (Å²) in [5, 5.41) is 2.77. The Kier molecular flexibility index (Phi) is 4.19. The predicted octanol–water partition coefficient (Wildman–Crippen LogP) is 2.85. The lowest BCUT2D eigenvalue weighted by Crippen LogP contribution is -2.47. The maximum atomic E-state index is 13.1. The second kappa shape index (κ2) is 6.14. The maximum Gasteiger partial charge on any atom is 0.317 e. The van der Waals surface area contributed by atoms with Gasteiger partial charge in [0.25, 0.3) is 5.92 Å². The summed E-state index contributed by atoms with van der Waals surface area (Å²) < 4.78 is 26.1. The van der Waals surface area contributed by atoms with E-state index in [1.807, 2.05) is 25.1 Å². The lowest BCUT2D eigenvalue weighted by Gasteiger charge is -2.31. The molecule has 2 aromatic rings. The van der Waals surface area contributed by atoms with E-state index in [0.717, 1.165) is 22.4 Å². The zero-order valence-electron chi connectivity index (χ0n) is 13.0. The first-order valence-electron chi connectivity index (χ1n) is 7.79. The topological polar surface area (TPSA) is 61.0 Å². The van der Waals surface area contributed by atoms with E-state index in [4.69, 9.17) is 0 Å². The molecule has 124 valence electrons. The first-order valence-corrected chi connectivity index (χ1v) is 7.79. The number of fused-ring (bicyclic) bond motifs is 1. The van der Waals surface area contributed by atoms with Crippen molar-refractivity contribution in [2.24, 2.45) is 0 Å². The molecular weight excluding hydrogens is 302 g/mol. The molecule has 2 N–H and O–H groups in total. The molecule has 0 bridgehead atoms. The van der Waals surface area contributed by atoms with Crippen LogP contribution in [0, 0.1) is 6.92 Å². The van der Waals surface area contributed by atoms with Crippen molar-refractivity contribution >= 4 is 17.1 Å². The van der Waals surface area contributed by atoms with Gasteiger partial charge in [0.15, 0.2) is 0 Å². The third-order valence-electron chi connectivity index (χ3n) is 4.11. The normalized spacial score (nSPS) is 17.4. The number of aromatic nitrogens is 2. The average Bonchev–Trinajstić information content (AvgIpc) is 2.88. The van der Waals surface area contributed by atoms with Crippen molar-refractivity contribution in [2.75, 3.05) is 19.6 Å². The highest BCUT2D eigenvalue weighted by Crippen LogP contribution is 2.27. The SMILES string of the molecule is Cc1ccc2nc(CCNC(=O)N3CCC(F)(F)CC3)[nH]c2c1. The van der Waals surface area contributed by atoms with Gasteiger partial charge < -0.3 is 15.2 Å². The Morgan fingerprint density at radius 1 is 1.39 bits per heavy atom. The zero-order valence-corrected chi connectivity index (χ0v) is 13.0. The molecule has 2 amide bonds. The van der Waals surface area contributed by atoms with Gasteiger partial charge in [0.2, 0.25) is 0 Å². The molecule has 1 aromatic carbocycles. The fourth-order valence-electron chi connectivity index (χ4n) is 2.73. The fourth-order valence-corrected chi connectivity index (χ4v) is 2.73. The van der Waals surface area contributed by atoms with E-state index in [0.29, 0.717) is 13.0 Å². The molecule has 0 unspecified atom stereocenters. The minimum atomic E-state index is -2.64. The number of imidazole rings is 1. The number of hydrogen-bond donors (Lipinski definition) is 2. The van der Waals surface area contributed by atoms with Gasteiger partial charge in [0.1, 0.15) is 5.82 Å². The molecule has 0 spiro atoms. The summed E-state index contributed by atoms with van der Waals surface area (Å²) in [4.78, 5) is 21.1. The van der Waals surface area contributed by atoms with E-state index in [1.54, 1.807) is 0 Å². The number of hydrogen-bond acceptors (Lipinski definition) is 2. The molecule has 1 saturated heterocycles. The molecule has 0 atom stereocenters. The Morgan fingerprint density at radius 3 is 2.87 bits per heavy atom. The quantitative estimate of drug-likeness (QED) is 0.913. The number of nitrogens with zero attached hydrogens (tertiary/aromatic N) is 2. The Balaban J connectivity index is 1.49. The van der Waals surface area contributed by atoms with E-state index >= 15 is 0 Å². The summed E-state index contributed by atoms with van der Waals surface area (Å²) in [7, 11) is 0. The molecule has 2 heterocycles. The van der Waals surface area contributed by atoms with Gasteiger partial charge >= 0.3 is 6.03 Å². The number of carbonyl (C=O) groups is 1. The standard InChI is InChI=1S/C16H20F2N4O/c1-11-2-3-12-13(10-11)21-14(20-12)4-7-19-15(23)22-8-5-16(17,18)6-9-22/h2-3,10H,4-9H2,1H3,(H,19,23)(H,20,21). The minimum Gasteiger partial charge on any atom is -0.342 e. The van der Waals surface area contributed by atoms with Gasteiger partial charge in [0.05, 0.1) is 11.0 Å².